The summed E-state index contributed by atoms with van der Waals surface area (Å²) >= 11 is 7.47. The van der Waals surface area contributed by atoms with Gasteiger partial charge in [-0.3, -0.25) is 9.59 Å². The fraction of sp³-hybridized carbons (Fsp3) is 0.353. The molecular formula is C17H18ClN3O2S. The summed E-state index contributed by atoms with van der Waals surface area (Å²) in [5.74, 6) is -0.00957. The van der Waals surface area contributed by atoms with Crippen LogP contribution < -0.4 is 10.6 Å². The second-order valence-electron chi connectivity index (χ2n) is 5.82. The lowest BCUT2D eigenvalue weighted by atomic mass is 10.1. The fourth-order valence-corrected chi connectivity index (χ4v) is 3.78. The van der Waals surface area contributed by atoms with Crippen LogP contribution in [0.2, 0.25) is 5.02 Å². The van der Waals surface area contributed by atoms with Crippen molar-refractivity contribution in [1.29, 1.82) is 0 Å². The van der Waals surface area contributed by atoms with Crippen LogP contribution in [0.25, 0.3) is 11.3 Å². The minimum atomic E-state index is -0.0810. The van der Waals surface area contributed by atoms with E-state index < -0.39 is 0 Å². The molecule has 0 spiro atoms. The first kappa shape index (κ1) is 16.9. The molecule has 0 aliphatic carbocycles. The van der Waals surface area contributed by atoms with Gasteiger partial charge in [-0.2, -0.15) is 0 Å². The van der Waals surface area contributed by atoms with Crippen molar-refractivity contribution in [3.05, 3.63) is 34.2 Å². The quantitative estimate of drug-likeness (QED) is 0.849. The Kier molecular flexibility index (Phi) is 5.16. The summed E-state index contributed by atoms with van der Waals surface area (Å²) in [6.07, 6.45) is 2.39. The summed E-state index contributed by atoms with van der Waals surface area (Å²) in [4.78, 5) is 28.8. The number of rotatable bonds is 5. The number of aryl methyl sites for hydroxylation is 1. The number of nitrogens with one attached hydrogen (secondary N) is 2. The Balaban J connectivity index is 1.60. The van der Waals surface area contributed by atoms with Gasteiger partial charge in [-0.1, -0.05) is 23.7 Å². The Morgan fingerprint density at radius 2 is 2.33 bits per heavy atom. The number of thiazole rings is 1. The predicted octanol–water partition coefficient (Wildman–Crippen LogP) is 3.77. The molecule has 1 saturated heterocycles. The van der Waals surface area contributed by atoms with Crippen molar-refractivity contribution >= 4 is 39.9 Å². The maximum absolute atomic E-state index is 12.1. The van der Waals surface area contributed by atoms with Crippen LogP contribution in [0.4, 0.5) is 5.13 Å². The first-order valence-corrected chi connectivity index (χ1v) is 9.03. The average molecular weight is 364 g/mol. The monoisotopic (exact) mass is 363 g/mol. The maximum Gasteiger partial charge on any atom is 0.226 e. The van der Waals surface area contributed by atoms with Crippen LogP contribution in [-0.2, 0) is 9.59 Å². The van der Waals surface area contributed by atoms with E-state index in [9.17, 15) is 9.59 Å². The van der Waals surface area contributed by atoms with Gasteiger partial charge in [0.25, 0.3) is 0 Å². The lowest BCUT2D eigenvalue weighted by Gasteiger charge is -2.08. The summed E-state index contributed by atoms with van der Waals surface area (Å²) in [5.41, 5.74) is 1.77. The number of anilines is 1. The van der Waals surface area contributed by atoms with Gasteiger partial charge in [0, 0.05) is 34.3 Å². The van der Waals surface area contributed by atoms with Crippen LogP contribution in [0.3, 0.4) is 0 Å². The summed E-state index contributed by atoms with van der Waals surface area (Å²) in [7, 11) is 0. The summed E-state index contributed by atoms with van der Waals surface area (Å²) < 4.78 is 0. The van der Waals surface area contributed by atoms with E-state index in [1.807, 2.05) is 31.2 Å². The smallest absolute Gasteiger partial charge is 0.226 e. The lowest BCUT2D eigenvalue weighted by Crippen LogP contribution is -2.26. The van der Waals surface area contributed by atoms with Crippen LogP contribution >= 0.6 is 22.9 Å². The second-order valence-corrected chi connectivity index (χ2v) is 7.46. The van der Waals surface area contributed by atoms with E-state index in [0.29, 0.717) is 29.4 Å². The van der Waals surface area contributed by atoms with Gasteiger partial charge in [0.15, 0.2) is 5.13 Å². The van der Waals surface area contributed by atoms with Crippen molar-refractivity contribution in [2.75, 3.05) is 5.32 Å². The molecule has 7 heteroatoms. The first-order chi connectivity index (χ1) is 11.5. The molecule has 5 nitrogen and oxygen atoms in total. The molecule has 1 fully saturated rings. The number of halogens is 1. The van der Waals surface area contributed by atoms with Crippen molar-refractivity contribution in [2.24, 2.45) is 0 Å². The topological polar surface area (TPSA) is 71.1 Å². The Hall–Kier alpha value is -1.92. The number of carbonyl (C=O) groups is 2. The minimum absolute atomic E-state index is 0.0714. The molecule has 126 valence electrons. The Morgan fingerprint density at radius 3 is 3.04 bits per heavy atom. The first-order valence-electron chi connectivity index (χ1n) is 7.84. The summed E-state index contributed by atoms with van der Waals surface area (Å²) in [5, 5.41) is 6.96. The SMILES string of the molecule is Cc1sc(NC(=O)CC[C@H]2CCC(=O)N2)nc1-c1cccc(Cl)c1. The van der Waals surface area contributed by atoms with Crippen molar-refractivity contribution in [2.45, 2.75) is 38.6 Å². The number of aromatic nitrogens is 1. The number of benzene rings is 1. The number of hydrogen-bond donors (Lipinski definition) is 2. The molecule has 1 atom stereocenters. The van der Waals surface area contributed by atoms with Gasteiger partial charge >= 0.3 is 0 Å². The van der Waals surface area contributed by atoms with Gasteiger partial charge in [-0.25, -0.2) is 4.98 Å². The summed E-state index contributed by atoms with van der Waals surface area (Å²) in [6.45, 7) is 1.97. The molecule has 0 saturated carbocycles. The van der Waals surface area contributed by atoms with Crippen molar-refractivity contribution in [3.8, 4) is 11.3 Å². The lowest BCUT2D eigenvalue weighted by molar-refractivity contribution is -0.120. The average Bonchev–Trinajstić information content (AvgIpc) is 3.11. The van der Waals surface area contributed by atoms with E-state index in [0.717, 1.165) is 22.6 Å². The van der Waals surface area contributed by atoms with E-state index in [1.165, 1.54) is 11.3 Å². The number of carbonyl (C=O) groups excluding carboxylic acids is 2. The van der Waals surface area contributed by atoms with Gasteiger partial charge in [0.2, 0.25) is 11.8 Å². The van der Waals surface area contributed by atoms with E-state index in [4.69, 9.17) is 11.6 Å². The summed E-state index contributed by atoms with van der Waals surface area (Å²) in [6, 6.07) is 7.62. The zero-order valence-electron chi connectivity index (χ0n) is 13.3. The standard InChI is InChI=1S/C17H18ClN3O2S/c1-10-16(11-3-2-4-12(18)9-11)21-17(24-10)20-15(23)8-6-13-5-7-14(22)19-13/h2-4,9,13H,5-8H2,1H3,(H,19,22)(H,20,21,23)/t13-/m1/s1. The van der Waals surface area contributed by atoms with Crippen LogP contribution in [-0.4, -0.2) is 22.8 Å². The van der Waals surface area contributed by atoms with Crippen LogP contribution in [0.5, 0.6) is 0 Å². The van der Waals surface area contributed by atoms with Crippen molar-refractivity contribution in [3.63, 3.8) is 0 Å². The van der Waals surface area contributed by atoms with Gasteiger partial charge in [0.05, 0.1) is 5.69 Å². The maximum atomic E-state index is 12.1. The molecule has 2 amide bonds. The van der Waals surface area contributed by atoms with Gasteiger partial charge in [-0.15, -0.1) is 11.3 Å². The minimum Gasteiger partial charge on any atom is -0.353 e. The molecule has 0 unspecified atom stereocenters. The highest BCUT2D eigenvalue weighted by molar-refractivity contribution is 7.16. The molecule has 3 rings (SSSR count). The number of amides is 2. The Bertz CT molecular complexity index is 775. The third-order valence-electron chi connectivity index (χ3n) is 3.95. The second kappa shape index (κ2) is 7.32. The van der Waals surface area contributed by atoms with Crippen LogP contribution in [0.15, 0.2) is 24.3 Å². The molecular weight excluding hydrogens is 346 g/mol. The highest BCUT2D eigenvalue weighted by atomic mass is 35.5. The van der Waals surface area contributed by atoms with Crippen LogP contribution in [0.1, 0.15) is 30.6 Å². The van der Waals surface area contributed by atoms with Gasteiger partial charge < -0.3 is 10.6 Å². The third-order valence-corrected chi connectivity index (χ3v) is 5.07. The normalized spacial score (nSPS) is 16.9. The van der Waals surface area contributed by atoms with E-state index >= 15 is 0 Å². The molecule has 1 aliphatic heterocycles. The Morgan fingerprint density at radius 1 is 1.50 bits per heavy atom. The van der Waals surface area contributed by atoms with Gasteiger partial charge in [0.1, 0.15) is 0 Å². The van der Waals surface area contributed by atoms with Crippen molar-refractivity contribution in [1.82, 2.24) is 10.3 Å². The van der Waals surface area contributed by atoms with Gasteiger partial charge in [-0.05, 0) is 31.9 Å². The molecule has 0 radical (unpaired) electrons. The number of hydrogen-bond acceptors (Lipinski definition) is 4. The molecule has 0 bridgehead atoms. The highest BCUT2D eigenvalue weighted by Gasteiger charge is 2.21. The van der Waals surface area contributed by atoms with Crippen molar-refractivity contribution < 1.29 is 9.59 Å². The van der Waals surface area contributed by atoms with E-state index in [1.54, 1.807) is 0 Å². The molecule has 1 aromatic carbocycles. The van der Waals surface area contributed by atoms with E-state index in [-0.39, 0.29) is 17.9 Å². The molecule has 2 heterocycles. The molecule has 2 N–H and O–H groups in total. The van der Waals surface area contributed by atoms with E-state index in [2.05, 4.69) is 15.6 Å². The molecule has 24 heavy (non-hydrogen) atoms. The Labute approximate surface area is 149 Å². The molecule has 1 aromatic heterocycles. The zero-order chi connectivity index (χ0) is 17.1. The fourth-order valence-electron chi connectivity index (χ4n) is 2.73. The van der Waals surface area contributed by atoms with Crippen LogP contribution in [0, 0.1) is 6.92 Å². The predicted molar refractivity (Wildman–Crippen MR) is 96.3 cm³/mol. The molecule has 1 aliphatic rings. The largest absolute Gasteiger partial charge is 0.353 e. The number of nitrogens with zero attached hydrogens (tertiary/aromatic N) is 1. The highest BCUT2D eigenvalue weighted by Crippen LogP contribution is 2.31. The third kappa shape index (κ3) is 4.13. The molecule has 2 aromatic rings. The zero-order valence-corrected chi connectivity index (χ0v) is 14.8.